The molecule has 0 aromatic rings. The van der Waals surface area contributed by atoms with Crippen LogP contribution in [-0.4, -0.2) is 41.1 Å². The third kappa shape index (κ3) is 7.28. The van der Waals surface area contributed by atoms with Crippen molar-refractivity contribution in [3.8, 4) is 0 Å². The molecular weight excluding hydrogens is 250 g/mol. The third-order valence-electron chi connectivity index (χ3n) is 2.35. The van der Waals surface area contributed by atoms with Gasteiger partial charge in [-0.15, -0.1) is 0 Å². The summed E-state index contributed by atoms with van der Waals surface area (Å²) in [4.78, 5) is 34.0. The van der Waals surface area contributed by atoms with Crippen molar-refractivity contribution in [2.75, 3.05) is 0 Å². The van der Waals surface area contributed by atoms with Crippen molar-refractivity contribution in [2.24, 2.45) is 0 Å². The summed E-state index contributed by atoms with van der Waals surface area (Å²) in [6.45, 7) is 6.99. The quantitative estimate of drug-likeness (QED) is 0.540. The maximum absolute atomic E-state index is 11.6. The maximum Gasteiger partial charge on any atom is 0.326 e. The Bertz CT molecular complexity index is 331. The Morgan fingerprint density at radius 1 is 1.05 bits per heavy atom. The van der Waals surface area contributed by atoms with Gasteiger partial charge in [0.2, 0.25) is 5.91 Å². The Labute approximate surface area is 113 Å². The van der Waals surface area contributed by atoms with Crippen molar-refractivity contribution in [3.05, 3.63) is 0 Å². The highest BCUT2D eigenvalue weighted by atomic mass is 16.4. The van der Waals surface area contributed by atoms with Gasteiger partial charge >= 0.3 is 12.0 Å². The zero-order valence-corrected chi connectivity index (χ0v) is 11.8. The monoisotopic (exact) mass is 273 g/mol. The normalized spacial score (nSPS) is 13.5. The number of nitrogens with one attached hydrogen (secondary N) is 3. The van der Waals surface area contributed by atoms with E-state index in [0.29, 0.717) is 12.8 Å². The topological polar surface area (TPSA) is 108 Å². The van der Waals surface area contributed by atoms with Gasteiger partial charge in [-0.25, -0.2) is 9.59 Å². The molecule has 0 aromatic carbocycles. The summed E-state index contributed by atoms with van der Waals surface area (Å²) < 4.78 is 0. The van der Waals surface area contributed by atoms with Gasteiger partial charge in [-0.2, -0.15) is 0 Å². The first kappa shape index (κ1) is 17.2. The number of rotatable bonds is 7. The molecule has 7 heteroatoms. The molecular formula is C12H23N3O4. The molecule has 2 atom stereocenters. The molecule has 0 radical (unpaired) electrons. The highest BCUT2D eigenvalue weighted by Crippen LogP contribution is 1.97. The second-order valence-electron chi connectivity index (χ2n) is 4.68. The third-order valence-corrected chi connectivity index (χ3v) is 2.35. The van der Waals surface area contributed by atoms with Gasteiger partial charge in [-0.05, 0) is 27.2 Å². The second kappa shape index (κ2) is 8.34. The molecule has 1 unspecified atom stereocenters. The zero-order valence-electron chi connectivity index (χ0n) is 11.8. The molecule has 0 rings (SSSR count). The molecule has 0 aliphatic heterocycles. The van der Waals surface area contributed by atoms with E-state index >= 15 is 0 Å². The van der Waals surface area contributed by atoms with E-state index in [2.05, 4.69) is 16.0 Å². The zero-order chi connectivity index (χ0) is 15.0. The molecule has 19 heavy (non-hydrogen) atoms. The van der Waals surface area contributed by atoms with E-state index in [0.717, 1.165) is 0 Å². The fraction of sp³-hybridized carbons (Fsp3) is 0.750. The van der Waals surface area contributed by atoms with Gasteiger partial charge in [0.15, 0.2) is 0 Å². The van der Waals surface area contributed by atoms with E-state index in [1.165, 1.54) is 6.92 Å². The van der Waals surface area contributed by atoms with Crippen LogP contribution in [0.2, 0.25) is 0 Å². The first-order chi connectivity index (χ1) is 8.77. The van der Waals surface area contributed by atoms with E-state index in [9.17, 15) is 14.4 Å². The predicted octanol–water partition coefficient (Wildman–Crippen LogP) is 0.452. The number of carboxylic acids is 1. The van der Waals surface area contributed by atoms with Crippen LogP contribution >= 0.6 is 0 Å². The Morgan fingerprint density at radius 3 is 2.05 bits per heavy atom. The first-order valence-corrected chi connectivity index (χ1v) is 6.38. The van der Waals surface area contributed by atoms with Crippen LogP contribution in [0.25, 0.3) is 0 Å². The molecule has 0 spiro atoms. The Kier molecular flexibility index (Phi) is 7.55. The van der Waals surface area contributed by atoms with Crippen LogP contribution in [0.15, 0.2) is 0 Å². The highest BCUT2D eigenvalue weighted by molar-refractivity contribution is 5.88. The number of hydrogen-bond donors (Lipinski definition) is 4. The predicted molar refractivity (Wildman–Crippen MR) is 70.7 cm³/mol. The first-order valence-electron chi connectivity index (χ1n) is 6.38. The lowest BCUT2D eigenvalue weighted by atomic mass is 10.2. The number of carbonyl (C=O) groups excluding carboxylic acids is 2. The lowest BCUT2D eigenvalue weighted by Crippen LogP contribution is -2.53. The lowest BCUT2D eigenvalue weighted by Gasteiger charge is -2.18. The summed E-state index contributed by atoms with van der Waals surface area (Å²) in [5, 5.41) is 16.3. The smallest absolute Gasteiger partial charge is 0.326 e. The summed E-state index contributed by atoms with van der Waals surface area (Å²) in [5.41, 5.74) is 0. The van der Waals surface area contributed by atoms with E-state index in [-0.39, 0.29) is 11.9 Å². The molecule has 0 heterocycles. The number of carbonyl (C=O) groups is 3. The standard InChI is InChI=1S/C12H23N3O4/c1-5-6-9(11(17)18)15-12(19)14-8(4)10(16)13-7(2)3/h7-9H,5-6H2,1-4H3,(H,13,16)(H,17,18)(H2,14,15,19)/t8?,9-/m0/s1. The average Bonchev–Trinajstić information content (AvgIpc) is 2.27. The Morgan fingerprint density at radius 2 is 1.63 bits per heavy atom. The van der Waals surface area contributed by atoms with Crippen LogP contribution < -0.4 is 16.0 Å². The van der Waals surface area contributed by atoms with Gasteiger partial charge in [0.05, 0.1) is 0 Å². The highest BCUT2D eigenvalue weighted by Gasteiger charge is 2.21. The van der Waals surface area contributed by atoms with Gasteiger partial charge in [-0.3, -0.25) is 4.79 Å². The summed E-state index contributed by atoms with van der Waals surface area (Å²) >= 11 is 0. The summed E-state index contributed by atoms with van der Waals surface area (Å²) in [7, 11) is 0. The van der Waals surface area contributed by atoms with Crippen LogP contribution in [0.1, 0.15) is 40.5 Å². The minimum Gasteiger partial charge on any atom is -0.480 e. The van der Waals surface area contributed by atoms with E-state index in [1.54, 1.807) is 0 Å². The fourth-order valence-corrected chi connectivity index (χ4v) is 1.42. The average molecular weight is 273 g/mol. The number of aliphatic carboxylic acids is 1. The molecule has 0 aliphatic rings. The SMILES string of the molecule is CCC[C@H](NC(=O)NC(C)C(=O)NC(C)C)C(=O)O. The van der Waals surface area contributed by atoms with Crippen LogP contribution in [0, 0.1) is 0 Å². The van der Waals surface area contributed by atoms with Crippen LogP contribution in [-0.2, 0) is 9.59 Å². The van der Waals surface area contributed by atoms with Crippen molar-refractivity contribution in [2.45, 2.75) is 58.7 Å². The van der Waals surface area contributed by atoms with E-state index in [1.807, 2.05) is 20.8 Å². The van der Waals surface area contributed by atoms with Crippen LogP contribution in [0.4, 0.5) is 4.79 Å². The number of carboxylic acid groups (broad SMARTS) is 1. The summed E-state index contributed by atoms with van der Waals surface area (Å²) in [6, 6.07) is -2.34. The summed E-state index contributed by atoms with van der Waals surface area (Å²) in [6.07, 6.45) is 0.982. The lowest BCUT2D eigenvalue weighted by molar-refractivity contribution is -0.139. The number of urea groups is 1. The van der Waals surface area contributed by atoms with Gasteiger partial charge in [0, 0.05) is 6.04 Å². The van der Waals surface area contributed by atoms with Crippen LogP contribution in [0.3, 0.4) is 0 Å². The summed E-state index contributed by atoms with van der Waals surface area (Å²) in [5.74, 6) is -1.40. The van der Waals surface area contributed by atoms with Crippen molar-refractivity contribution >= 4 is 17.9 Å². The van der Waals surface area contributed by atoms with Crippen molar-refractivity contribution in [1.82, 2.24) is 16.0 Å². The van der Waals surface area contributed by atoms with E-state index < -0.39 is 24.1 Å². The minimum atomic E-state index is -1.09. The molecule has 0 bridgehead atoms. The molecule has 0 saturated heterocycles. The van der Waals surface area contributed by atoms with Crippen molar-refractivity contribution in [3.63, 3.8) is 0 Å². The van der Waals surface area contributed by atoms with Gasteiger partial charge in [-0.1, -0.05) is 13.3 Å². The van der Waals surface area contributed by atoms with Crippen molar-refractivity contribution in [1.29, 1.82) is 0 Å². The van der Waals surface area contributed by atoms with Gasteiger partial charge < -0.3 is 21.1 Å². The van der Waals surface area contributed by atoms with Crippen molar-refractivity contribution < 1.29 is 19.5 Å². The number of hydrogen-bond acceptors (Lipinski definition) is 3. The minimum absolute atomic E-state index is 0.0216. The van der Waals surface area contributed by atoms with Gasteiger partial charge in [0.25, 0.3) is 0 Å². The molecule has 4 N–H and O–H groups in total. The molecule has 0 saturated carbocycles. The second-order valence-corrected chi connectivity index (χ2v) is 4.68. The molecule has 3 amide bonds. The van der Waals surface area contributed by atoms with Gasteiger partial charge in [0.1, 0.15) is 12.1 Å². The molecule has 0 aliphatic carbocycles. The Balaban J connectivity index is 4.28. The molecule has 7 nitrogen and oxygen atoms in total. The molecule has 110 valence electrons. The Hall–Kier alpha value is -1.79. The number of amides is 3. The van der Waals surface area contributed by atoms with E-state index in [4.69, 9.17) is 5.11 Å². The fourth-order valence-electron chi connectivity index (χ4n) is 1.42. The largest absolute Gasteiger partial charge is 0.480 e. The molecule has 0 fully saturated rings. The van der Waals surface area contributed by atoms with Crippen LogP contribution in [0.5, 0.6) is 0 Å². The molecule has 0 aromatic heterocycles. The maximum atomic E-state index is 11.6.